The van der Waals surface area contributed by atoms with E-state index in [9.17, 15) is 0 Å². The predicted octanol–water partition coefficient (Wildman–Crippen LogP) is 5.10. The minimum absolute atomic E-state index is 0.671. The Balaban J connectivity index is 1.69. The van der Waals surface area contributed by atoms with E-state index in [1.807, 2.05) is 0 Å². The Morgan fingerprint density at radius 3 is 2.10 bits per heavy atom. The zero-order chi connectivity index (χ0) is 14.9. The lowest BCUT2D eigenvalue weighted by molar-refractivity contribution is -0.0693. The molecule has 2 unspecified atom stereocenters. The van der Waals surface area contributed by atoms with Crippen molar-refractivity contribution in [3.05, 3.63) is 0 Å². The van der Waals surface area contributed by atoms with E-state index in [2.05, 4.69) is 37.8 Å². The molecule has 0 aromatic heterocycles. The van der Waals surface area contributed by atoms with Crippen molar-refractivity contribution < 1.29 is 0 Å². The lowest BCUT2D eigenvalue weighted by atomic mass is 9.48. The number of hydrogen-bond acceptors (Lipinski definition) is 2. The van der Waals surface area contributed by atoms with Crippen molar-refractivity contribution in [2.45, 2.75) is 83.4 Å². The van der Waals surface area contributed by atoms with Crippen LogP contribution in [0.25, 0.3) is 0 Å². The lowest BCUT2D eigenvalue weighted by Crippen LogP contribution is -2.57. The van der Waals surface area contributed by atoms with Gasteiger partial charge in [0.1, 0.15) is 0 Å². The summed E-state index contributed by atoms with van der Waals surface area (Å²) < 4.78 is 0. The van der Waals surface area contributed by atoms with Gasteiger partial charge < -0.3 is 5.32 Å². The highest BCUT2D eigenvalue weighted by Gasteiger charge is 2.53. The third-order valence-electron chi connectivity index (χ3n) is 6.59. The Labute approximate surface area is 136 Å². The average Bonchev–Trinajstić information content (AvgIpc) is 2.45. The first kappa shape index (κ1) is 16.2. The van der Waals surface area contributed by atoms with Crippen LogP contribution >= 0.6 is 11.8 Å². The van der Waals surface area contributed by atoms with Crippen LogP contribution in [0.3, 0.4) is 0 Å². The molecule has 0 radical (unpaired) electrons. The Morgan fingerprint density at radius 1 is 1.05 bits per heavy atom. The summed E-state index contributed by atoms with van der Waals surface area (Å²) in [5.41, 5.74) is 0.671. The van der Waals surface area contributed by atoms with Gasteiger partial charge in [-0.2, -0.15) is 11.8 Å². The second kappa shape index (κ2) is 6.83. The molecule has 1 N–H and O–H groups in total. The average molecular weight is 310 g/mol. The first-order valence-electron chi connectivity index (χ1n) is 9.50. The second-order valence-electron chi connectivity index (χ2n) is 8.34. The summed E-state index contributed by atoms with van der Waals surface area (Å²) in [5, 5.41) is 4.81. The maximum atomic E-state index is 3.99. The largest absolute Gasteiger partial charge is 0.313 e. The molecule has 4 fully saturated rings. The summed E-state index contributed by atoms with van der Waals surface area (Å²) in [5.74, 6) is 4.59. The molecule has 0 aromatic carbocycles. The zero-order valence-corrected chi connectivity index (χ0v) is 15.2. The summed E-state index contributed by atoms with van der Waals surface area (Å²) in [7, 11) is 0. The van der Waals surface area contributed by atoms with Crippen LogP contribution in [0.1, 0.15) is 72.1 Å². The molecule has 0 spiro atoms. The molecular formula is C19H35NS. The maximum Gasteiger partial charge on any atom is 0.0215 e. The quantitative estimate of drug-likeness (QED) is 0.669. The molecule has 2 atom stereocenters. The van der Waals surface area contributed by atoms with Gasteiger partial charge in [0, 0.05) is 17.0 Å². The van der Waals surface area contributed by atoms with Crippen LogP contribution in [0.15, 0.2) is 0 Å². The monoisotopic (exact) mass is 309 g/mol. The minimum atomic E-state index is 0.671. The highest BCUT2D eigenvalue weighted by atomic mass is 32.2. The molecule has 0 heterocycles. The minimum Gasteiger partial charge on any atom is -0.313 e. The molecule has 4 aliphatic carbocycles. The van der Waals surface area contributed by atoms with Crippen LogP contribution in [-0.2, 0) is 0 Å². The Bertz CT molecular complexity index is 305. The van der Waals surface area contributed by atoms with E-state index >= 15 is 0 Å². The van der Waals surface area contributed by atoms with Gasteiger partial charge in [0.2, 0.25) is 0 Å². The highest BCUT2D eigenvalue weighted by molar-refractivity contribution is 7.99. The third kappa shape index (κ3) is 3.47. The van der Waals surface area contributed by atoms with Crippen LogP contribution in [0, 0.1) is 23.2 Å². The number of thioether (sulfide) groups is 1. The summed E-state index contributed by atoms with van der Waals surface area (Å²) in [4.78, 5) is 0. The van der Waals surface area contributed by atoms with Crippen LogP contribution in [-0.4, -0.2) is 23.6 Å². The van der Waals surface area contributed by atoms with Gasteiger partial charge in [-0.3, -0.25) is 0 Å². The molecule has 0 aromatic rings. The van der Waals surface area contributed by atoms with E-state index in [0.29, 0.717) is 5.41 Å². The lowest BCUT2D eigenvalue weighted by Gasteiger charge is -2.59. The molecular weight excluding hydrogens is 274 g/mol. The van der Waals surface area contributed by atoms with Crippen LogP contribution in [0.2, 0.25) is 0 Å². The van der Waals surface area contributed by atoms with E-state index in [4.69, 9.17) is 0 Å². The first-order valence-corrected chi connectivity index (χ1v) is 10.5. The number of nitrogens with one attached hydrogen (secondary N) is 1. The summed E-state index contributed by atoms with van der Waals surface area (Å²) in [6.45, 7) is 8.26. The van der Waals surface area contributed by atoms with E-state index in [-0.39, 0.29) is 0 Å². The van der Waals surface area contributed by atoms with Crippen molar-refractivity contribution in [1.82, 2.24) is 5.32 Å². The summed E-state index contributed by atoms with van der Waals surface area (Å²) in [6, 6.07) is 0.782. The van der Waals surface area contributed by atoms with Gasteiger partial charge in [-0.1, -0.05) is 20.8 Å². The smallest absolute Gasteiger partial charge is 0.0215 e. The Hall–Kier alpha value is 0.310. The summed E-state index contributed by atoms with van der Waals surface area (Å²) in [6.07, 6.45) is 11.9. The van der Waals surface area contributed by atoms with Crippen molar-refractivity contribution in [3.63, 3.8) is 0 Å². The van der Waals surface area contributed by atoms with Crippen molar-refractivity contribution in [1.29, 1.82) is 0 Å². The van der Waals surface area contributed by atoms with Gasteiger partial charge in [-0.05, 0) is 81.1 Å². The van der Waals surface area contributed by atoms with Crippen LogP contribution in [0.5, 0.6) is 0 Å². The fourth-order valence-electron chi connectivity index (χ4n) is 5.75. The van der Waals surface area contributed by atoms with Gasteiger partial charge in [-0.15, -0.1) is 0 Å². The van der Waals surface area contributed by atoms with Crippen molar-refractivity contribution >= 4 is 11.8 Å². The molecule has 4 aliphatic rings. The molecule has 0 amide bonds. The van der Waals surface area contributed by atoms with Gasteiger partial charge in [0.25, 0.3) is 0 Å². The second-order valence-corrected chi connectivity index (χ2v) is 9.81. The predicted molar refractivity (Wildman–Crippen MR) is 94.9 cm³/mol. The fraction of sp³-hybridized carbons (Fsp3) is 1.00. The first-order chi connectivity index (χ1) is 10.1. The molecule has 21 heavy (non-hydrogen) atoms. The molecule has 4 saturated carbocycles. The molecule has 4 bridgehead atoms. The highest BCUT2D eigenvalue weighted by Crippen LogP contribution is 2.61. The topological polar surface area (TPSA) is 12.0 Å². The standard InChI is InChI=1S/C19H35NS/c1-4-6-20-18(13-21-14(3)5-2)19-10-15-7-16(11-19)9-17(8-15)12-19/h14-18,20H,4-13H2,1-3H3. The molecule has 2 heteroatoms. The Kier molecular flexibility index (Phi) is 5.26. The molecule has 4 rings (SSSR count). The van der Waals surface area contributed by atoms with Crippen LogP contribution in [0.4, 0.5) is 0 Å². The van der Waals surface area contributed by atoms with Crippen molar-refractivity contribution in [2.75, 3.05) is 12.3 Å². The fourth-order valence-corrected chi connectivity index (χ4v) is 6.98. The summed E-state index contributed by atoms with van der Waals surface area (Å²) >= 11 is 2.22. The van der Waals surface area contributed by atoms with Gasteiger partial charge >= 0.3 is 0 Å². The maximum absolute atomic E-state index is 3.99. The molecule has 122 valence electrons. The van der Waals surface area contributed by atoms with Crippen molar-refractivity contribution in [2.24, 2.45) is 23.2 Å². The Morgan fingerprint density at radius 2 is 1.62 bits per heavy atom. The third-order valence-corrected chi connectivity index (χ3v) is 8.02. The number of rotatable bonds is 8. The van der Waals surface area contributed by atoms with Crippen LogP contribution < -0.4 is 5.32 Å². The van der Waals surface area contributed by atoms with Gasteiger partial charge in [0.15, 0.2) is 0 Å². The molecule has 1 nitrogen and oxygen atoms in total. The van der Waals surface area contributed by atoms with E-state index in [0.717, 1.165) is 29.0 Å². The SMILES string of the molecule is CCCNC(CSC(C)CC)C12CC3CC(CC(C3)C1)C2. The van der Waals surface area contributed by atoms with Crippen molar-refractivity contribution in [3.8, 4) is 0 Å². The molecule has 0 aliphatic heterocycles. The van der Waals surface area contributed by atoms with Gasteiger partial charge in [-0.25, -0.2) is 0 Å². The normalized spacial score (nSPS) is 40.4. The van der Waals surface area contributed by atoms with E-state index < -0.39 is 0 Å². The molecule has 0 saturated heterocycles. The number of hydrogen-bond donors (Lipinski definition) is 1. The zero-order valence-electron chi connectivity index (χ0n) is 14.4. The van der Waals surface area contributed by atoms with E-state index in [1.165, 1.54) is 25.1 Å². The van der Waals surface area contributed by atoms with Gasteiger partial charge in [0.05, 0.1) is 0 Å². The van der Waals surface area contributed by atoms with E-state index in [1.54, 1.807) is 38.5 Å².